The van der Waals surface area contributed by atoms with E-state index in [1.165, 1.54) is 96.3 Å². The van der Waals surface area contributed by atoms with Gasteiger partial charge >= 0.3 is 8.56 Å². The second kappa shape index (κ2) is 19.6. The molecule has 0 bridgehead atoms. The van der Waals surface area contributed by atoms with Crippen molar-refractivity contribution in [3.05, 3.63) is 12.2 Å². The van der Waals surface area contributed by atoms with Crippen molar-refractivity contribution < 1.29 is 8.85 Å². The van der Waals surface area contributed by atoms with Crippen molar-refractivity contribution in [1.82, 2.24) is 0 Å². The standard InChI is InChI=1S/C23H48O2Si/c1-5-7-9-11-13-14-15-17-19-21-23-25-26(3,4)24-22-20-18-16-12-10-8-6-2/h19,21H,5-18,20,22-23H2,1-4H3/b21-19+. The summed E-state index contributed by atoms with van der Waals surface area (Å²) in [5.41, 5.74) is 0. The monoisotopic (exact) mass is 384 g/mol. The molecule has 0 aliphatic heterocycles. The van der Waals surface area contributed by atoms with Crippen molar-refractivity contribution in [2.45, 2.75) is 123 Å². The molecule has 0 unspecified atom stereocenters. The minimum Gasteiger partial charge on any atom is -0.395 e. The van der Waals surface area contributed by atoms with Crippen molar-refractivity contribution in [1.29, 1.82) is 0 Å². The molecule has 0 saturated carbocycles. The van der Waals surface area contributed by atoms with Gasteiger partial charge in [0.05, 0.1) is 6.61 Å². The first-order chi connectivity index (χ1) is 12.6. The predicted octanol–water partition coefficient (Wildman–Crippen LogP) is 8.17. The van der Waals surface area contributed by atoms with Crippen LogP contribution in [0.1, 0.15) is 110 Å². The van der Waals surface area contributed by atoms with Gasteiger partial charge in [0, 0.05) is 6.61 Å². The molecule has 3 heteroatoms. The molecule has 0 radical (unpaired) electrons. The van der Waals surface area contributed by atoms with E-state index >= 15 is 0 Å². The predicted molar refractivity (Wildman–Crippen MR) is 119 cm³/mol. The first-order valence-electron chi connectivity index (χ1n) is 11.5. The molecule has 0 aromatic heterocycles. The van der Waals surface area contributed by atoms with Crippen molar-refractivity contribution in [3.63, 3.8) is 0 Å². The molecule has 2 nitrogen and oxygen atoms in total. The zero-order valence-electron chi connectivity index (χ0n) is 18.5. The quantitative estimate of drug-likeness (QED) is 0.120. The van der Waals surface area contributed by atoms with E-state index in [-0.39, 0.29) is 0 Å². The van der Waals surface area contributed by atoms with E-state index in [0.29, 0.717) is 6.61 Å². The van der Waals surface area contributed by atoms with Crippen LogP contribution in [0.5, 0.6) is 0 Å². The van der Waals surface area contributed by atoms with Crippen molar-refractivity contribution in [3.8, 4) is 0 Å². The van der Waals surface area contributed by atoms with Crippen molar-refractivity contribution >= 4 is 8.56 Å². The molecule has 0 heterocycles. The summed E-state index contributed by atoms with van der Waals surface area (Å²) >= 11 is 0. The third kappa shape index (κ3) is 20.2. The highest BCUT2D eigenvalue weighted by molar-refractivity contribution is 6.64. The molecule has 0 aromatic rings. The van der Waals surface area contributed by atoms with Crippen molar-refractivity contribution in [2.75, 3.05) is 13.2 Å². The van der Waals surface area contributed by atoms with Gasteiger partial charge in [-0.15, -0.1) is 0 Å². The molecule has 0 amide bonds. The molecular weight excluding hydrogens is 336 g/mol. The van der Waals surface area contributed by atoms with Crippen LogP contribution in [0.4, 0.5) is 0 Å². The van der Waals surface area contributed by atoms with Gasteiger partial charge in [0.2, 0.25) is 0 Å². The Morgan fingerprint density at radius 2 is 1.08 bits per heavy atom. The summed E-state index contributed by atoms with van der Waals surface area (Å²) in [6, 6.07) is 0. The Bertz CT molecular complexity index is 303. The zero-order chi connectivity index (χ0) is 19.3. The normalized spacial score (nSPS) is 12.3. The van der Waals surface area contributed by atoms with Crippen LogP contribution in [0.3, 0.4) is 0 Å². The molecule has 0 rings (SSSR count). The van der Waals surface area contributed by atoms with Crippen LogP contribution in [0, 0.1) is 0 Å². The molecule has 0 aliphatic rings. The van der Waals surface area contributed by atoms with Gasteiger partial charge in [-0.2, -0.15) is 0 Å². The highest BCUT2D eigenvalue weighted by atomic mass is 28.4. The molecule has 26 heavy (non-hydrogen) atoms. The summed E-state index contributed by atoms with van der Waals surface area (Å²) in [4.78, 5) is 0. The van der Waals surface area contributed by atoms with E-state index in [9.17, 15) is 0 Å². The molecule has 0 spiro atoms. The first kappa shape index (κ1) is 25.9. The lowest BCUT2D eigenvalue weighted by Gasteiger charge is -2.22. The Morgan fingerprint density at radius 3 is 1.65 bits per heavy atom. The highest BCUT2D eigenvalue weighted by Gasteiger charge is 2.23. The lowest BCUT2D eigenvalue weighted by molar-refractivity contribution is 0.190. The van der Waals surface area contributed by atoms with Crippen LogP contribution in [0.15, 0.2) is 12.2 Å². The van der Waals surface area contributed by atoms with Crippen LogP contribution >= 0.6 is 0 Å². The Hall–Kier alpha value is -0.123. The second-order valence-corrected chi connectivity index (χ2v) is 11.4. The summed E-state index contributed by atoms with van der Waals surface area (Å²) in [5, 5.41) is 0. The molecule has 0 fully saturated rings. The smallest absolute Gasteiger partial charge is 0.331 e. The largest absolute Gasteiger partial charge is 0.395 e. The summed E-state index contributed by atoms with van der Waals surface area (Å²) < 4.78 is 12.0. The second-order valence-electron chi connectivity index (χ2n) is 8.06. The zero-order valence-corrected chi connectivity index (χ0v) is 19.5. The van der Waals surface area contributed by atoms with E-state index in [4.69, 9.17) is 8.85 Å². The number of unbranched alkanes of at least 4 members (excludes halogenated alkanes) is 13. The van der Waals surface area contributed by atoms with Gasteiger partial charge in [-0.3, -0.25) is 0 Å². The summed E-state index contributed by atoms with van der Waals surface area (Å²) in [6.07, 6.45) is 24.6. The fourth-order valence-electron chi connectivity index (χ4n) is 3.07. The average molecular weight is 385 g/mol. The van der Waals surface area contributed by atoms with E-state index in [1.807, 2.05) is 0 Å². The van der Waals surface area contributed by atoms with Crippen LogP contribution in [-0.2, 0) is 8.85 Å². The van der Waals surface area contributed by atoms with E-state index in [2.05, 4.69) is 39.1 Å². The molecular formula is C23H48O2Si. The molecule has 0 saturated heterocycles. The van der Waals surface area contributed by atoms with Gasteiger partial charge < -0.3 is 8.85 Å². The van der Waals surface area contributed by atoms with Crippen molar-refractivity contribution in [2.24, 2.45) is 0 Å². The van der Waals surface area contributed by atoms with Gasteiger partial charge in [0.1, 0.15) is 0 Å². The van der Waals surface area contributed by atoms with E-state index in [0.717, 1.165) is 6.61 Å². The lowest BCUT2D eigenvalue weighted by Crippen LogP contribution is -2.35. The maximum absolute atomic E-state index is 6.03. The third-order valence-corrected chi connectivity index (χ3v) is 6.63. The molecule has 156 valence electrons. The summed E-state index contributed by atoms with van der Waals surface area (Å²) in [6.45, 7) is 10.5. The molecule has 0 aliphatic carbocycles. The van der Waals surface area contributed by atoms with Gasteiger partial charge in [-0.05, 0) is 32.4 Å². The van der Waals surface area contributed by atoms with Gasteiger partial charge in [-0.25, -0.2) is 0 Å². The number of hydrogen-bond acceptors (Lipinski definition) is 2. The Morgan fingerprint density at radius 1 is 0.577 bits per heavy atom. The fraction of sp³-hybridized carbons (Fsp3) is 0.913. The molecule has 0 aromatic carbocycles. The SMILES string of the molecule is CCCCCCCCC/C=C/CO[Si](C)(C)OCCCCCCCCC. The summed E-state index contributed by atoms with van der Waals surface area (Å²) in [7, 11) is -1.93. The fourth-order valence-corrected chi connectivity index (χ4v) is 4.29. The summed E-state index contributed by atoms with van der Waals surface area (Å²) in [5.74, 6) is 0. The molecule has 0 atom stereocenters. The van der Waals surface area contributed by atoms with Crippen LogP contribution < -0.4 is 0 Å². The lowest BCUT2D eigenvalue weighted by atomic mass is 10.1. The third-order valence-electron chi connectivity index (χ3n) is 4.87. The van der Waals surface area contributed by atoms with Crippen LogP contribution in [0.2, 0.25) is 13.1 Å². The Balaban J connectivity index is 3.42. The van der Waals surface area contributed by atoms with E-state index < -0.39 is 8.56 Å². The average Bonchev–Trinajstić information content (AvgIpc) is 2.62. The highest BCUT2D eigenvalue weighted by Crippen LogP contribution is 2.11. The first-order valence-corrected chi connectivity index (χ1v) is 14.4. The van der Waals surface area contributed by atoms with Gasteiger partial charge in [0.25, 0.3) is 0 Å². The maximum Gasteiger partial charge on any atom is 0.331 e. The number of allylic oxidation sites excluding steroid dienone is 1. The minimum atomic E-state index is -1.93. The Kier molecular flexibility index (Phi) is 19.5. The van der Waals surface area contributed by atoms with Gasteiger partial charge in [0.15, 0.2) is 0 Å². The van der Waals surface area contributed by atoms with Crippen LogP contribution in [0.25, 0.3) is 0 Å². The van der Waals surface area contributed by atoms with E-state index in [1.54, 1.807) is 0 Å². The molecule has 0 N–H and O–H groups in total. The minimum absolute atomic E-state index is 0.715. The van der Waals surface area contributed by atoms with Gasteiger partial charge in [-0.1, -0.05) is 103 Å². The number of rotatable bonds is 20. The maximum atomic E-state index is 6.03. The van der Waals surface area contributed by atoms with Crippen LogP contribution in [-0.4, -0.2) is 21.8 Å². The number of hydrogen-bond donors (Lipinski definition) is 0. The topological polar surface area (TPSA) is 18.5 Å². The Labute approximate surface area is 166 Å².